The molecule has 3 aromatic rings. The van der Waals surface area contributed by atoms with Crippen LogP contribution in [0.3, 0.4) is 0 Å². The normalized spacial score (nSPS) is 23.7. The summed E-state index contributed by atoms with van der Waals surface area (Å²) in [5.41, 5.74) is 4.64. The lowest BCUT2D eigenvalue weighted by Gasteiger charge is -2.39. The fourth-order valence-corrected chi connectivity index (χ4v) is 5.81. The Morgan fingerprint density at radius 1 is 0.744 bits per heavy atom. The number of carbonyl (C=O) groups is 2. The van der Waals surface area contributed by atoms with Crippen LogP contribution >= 0.6 is 0 Å². The number of imide groups is 1. The van der Waals surface area contributed by atoms with E-state index in [2.05, 4.69) is 4.90 Å². The Morgan fingerprint density at radius 2 is 1.36 bits per heavy atom. The second-order valence-corrected chi connectivity index (χ2v) is 10.7. The number of ether oxygens (including phenoxy) is 2. The number of rotatable bonds is 7. The van der Waals surface area contributed by atoms with Gasteiger partial charge in [0.1, 0.15) is 0 Å². The lowest BCUT2D eigenvalue weighted by Crippen LogP contribution is -2.41. The minimum Gasteiger partial charge on any atom is -0.392 e. The molecule has 3 aromatic carbocycles. The van der Waals surface area contributed by atoms with E-state index in [0.29, 0.717) is 11.1 Å². The summed E-state index contributed by atoms with van der Waals surface area (Å²) in [6, 6.07) is 22.7. The van der Waals surface area contributed by atoms with E-state index in [4.69, 9.17) is 9.47 Å². The van der Waals surface area contributed by atoms with Crippen LogP contribution in [0, 0.1) is 0 Å². The van der Waals surface area contributed by atoms with Crippen molar-refractivity contribution in [3.05, 3.63) is 106 Å². The van der Waals surface area contributed by atoms with Crippen molar-refractivity contribution >= 4 is 11.8 Å². The standard InChI is InChI=1S/C32H34N2O5/c35-21-23-10-12-24(13-11-23)29-18-26(20-33-16-4-1-5-17-33)38-32(39-29)25-14-8-22(9-15-25)19-34-30(36)27-6-2-3-7-28(27)31(34)37/h2-3,6-15,26,29,32,35H,1,4-5,16-21H2. The van der Waals surface area contributed by atoms with Crippen molar-refractivity contribution in [1.29, 1.82) is 0 Å². The van der Waals surface area contributed by atoms with Crippen LogP contribution in [0.4, 0.5) is 0 Å². The topological polar surface area (TPSA) is 79.3 Å². The Morgan fingerprint density at radius 3 is 2.00 bits per heavy atom. The quantitative estimate of drug-likeness (QED) is 0.436. The number of benzene rings is 3. The van der Waals surface area contributed by atoms with Crippen molar-refractivity contribution in [2.24, 2.45) is 0 Å². The molecule has 2 fully saturated rings. The predicted molar refractivity (Wildman–Crippen MR) is 146 cm³/mol. The maximum atomic E-state index is 12.8. The summed E-state index contributed by atoms with van der Waals surface area (Å²) in [7, 11) is 0. The fraction of sp³-hybridized carbons (Fsp3) is 0.375. The molecule has 39 heavy (non-hydrogen) atoms. The van der Waals surface area contributed by atoms with Crippen LogP contribution in [0.2, 0.25) is 0 Å². The zero-order chi connectivity index (χ0) is 26.8. The van der Waals surface area contributed by atoms with Gasteiger partial charge in [0.05, 0.1) is 36.5 Å². The SMILES string of the molecule is O=C1c2ccccc2C(=O)N1Cc1ccc(C2OC(CN3CCCCC3)CC(c3ccc(CO)cc3)O2)cc1. The van der Waals surface area contributed by atoms with Crippen molar-refractivity contribution in [1.82, 2.24) is 9.80 Å². The zero-order valence-electron chi connectivity index (χ0n) is 22.0. The largest absolute Gasteiger partial charge is 0.392 e. The molecule has 0 radical (unpaired) electrons. The number of fused-ring (bicyclic) bond motifs is 1. The van der Waals surface area contributed by atoms with Crippen molar-refractivity contribution in [2.75, 3.05) is 19.6 Å². The van der Waals surface area contributed by atoms with Crippen LogP contribution in [-0.2, 0) is 22.6 Å². The highest BCUT2D eigenvalue weighted by molar-refractivity contribution is 6.21. The molecule has 1 N–H and O–H groups in total. The molecule has 6 rings (SSSR count). The Balaban J connectivity index is 1.18. The van der Waals surface area contributed by atoms with Gasteiger partial charge in [0, 0.05) is 18.5 Å². The number of hydrogen-bond donors (Lipinski definition) is 1. The summed E-state index contributed by atoms with van der Waals surface area (Å²) in [6.45, 7) is 3.32. The number of likely N-dealkylation sites (tertiary alicyclic amines) is 1. The first-order chi connectivity index (χ1) is 19.1. The third-order valence-corrected chi connectivity index (χ3v) is 8.00. The van der Waals surface area contributed by atoms with Crippen LogP contribution in [-0.4, -0.2) is 52.5 Å². The Labute approximate surface area is 229 Å². The van der Waals surface area contributed by atoms with Crippen LogP contribution in [0.15, 0.2) is 72.8 Å². The Bertz CT molecular complexity index is 1280. The molecule has 0 spiro atoms. The number of carbonyl (C=O) groups excluding carboxylic acids is 2. The highest BCUT2D eigenvalue weighted by Crippen LogP contribution is 2.38. The van der Waals surface area contributed by atoms with Gasteiger partial charge in [-0.15, -0.1) is 0 Å². The van der Waals surface area contributed by atoms with E-state index in [1.807, 2.05) is 48.5 Å². The molecule has 0 saturated carbocycles. The lowest BCUT2D eigenvalue weighted by atomic mass is 9.99. The van der Waals surface area contributed by atoms with E-state index < -0.39 is 6.29 Å². The average Bonchev–Trinajstić information content (AvgIpc) is 3.23. The van der Waals surface area contributed by atoms with Crippen molar-refractivity contribution in [2.45, 2.75) is 57.3 Å². The van der Waals surface area contributed by atoms with E-state index in [0.717, 1.165) is 48.3 Å². The number of aliphatic hydroxyl groups is 1. The molecule has 3 atom stereocenters. The zero-order valence-corrected chi connectivity index (χ0v) is 22.0. The molecule has 7 nitrogen and oxygen atoms in total. The first-order valence-corrected chi connectivity index (χ1v) is 13.9. The summed E-state index contributed by atoms with van der Waals surface area (Å²) in [4.78, 5) is 29.4. The average molecular weight is 527 g/mol. The molecule has 7 heteroatoms. The second kappa shape index (κ2) is 11.4. The number of amides is 2. The summed E-state index contributed by atoms with van der Waals surface area (Å²) >= 11 is 0. The highest BCUT2D eigenvalue weighted by atomic mass is 16.7. The molecule has 3 aliphatic heterocycles. The molecule has 0 bridgehead atoms. The van der Waals surface area contributed by atoms with E-state index in [-0.39, 0.29) is 37.2 Å². The van der Waals surface area contributed by atoms with E-state index >= 15 is 0 Å². The Kier molecular flexibility index (Phi) is 7.57. The monoisotopic (exact) mass is 526 g/mol. The van der Waals surface area contributed by atoms with Crippen molar-refractivity contribution in [3.63, 3.8) is 0 Å². The smallest absolute Gasteiger partial charge is 0.261 e. The van der Waals surface area contributed by atoms with Crippen LogP contribution in [0.1, 0.15) is 81.0 Å². The number of nitrogens with zero attached hydrogens (tertiary/aromatic N) is 2. The molecule has 3 aliphatic rings. The minimum absolute atomic E-state index is 0.0161. The van der Waals surface area contributed by atoms with Gasteiger partial charge in [-0.3, -0.25) is 14.5 Å². The lowest BCUT2D eigenvalue weighted by molar-refractivity contribution is -0.253. The molecule has 2 amide bonds. The van der Waals surface area contributed by atoms with Crippen LogP contribution in [0.5, 0.6) is 0 Å². The maximum Gasteiger partial charge on any atom is 0.261 e. The molecule has 0 aromatic heterocycles. The van der Waals surface area contributed by atoms with Crippen LogP contribution < -0.4 is 0 Å². The van der Waals surface area contributed by atoms with Crippen molar-refractivity contribution < 1.29 is 24.2 Å². The van der Waals surface area contributed by atoms with Gasteiger partial charge in [0.2, 0.25) is 0 Å². The second-order valence-electron chi connectivity index (χ2n) is 10.7. The highest BCUT2D eigenvalue weighted by Gasteiger charge is 2.36. The van der Waals surface area contributed by atoms with E-state index in [9.17, 15) is 14.7 Å². The molecule has 202 valence electrons. The summed E-state index contributed by atoms with van der Waals surface area (Å²) < 4.78 is 13.0. The number of hydrogen-bond acceptors (Lipinski definition) is 6. The number of aliphatic hydroxyl groups excluding tert-OH is 1. The fourth-order valence-electron chi connectivity index (χ4n) is 5.81. The van der Waals surface area contributed by atoms with Gasteiger partial charge < -0.3 is 19.5 Å². The van der Waals surface area contributed by atoms with Gasteiger partial charge in [-0.2, -0.15) is 0 Å². The summed E-state index contributed by atoms with van der Waals surface area (Å²) in [5, 5.41) is 9.44. The molecule has 2 saturated heterocycles. The van der Waals surface area contributed by atoms with Gasteiger partial charge in [-0.1, -0.05) is 67.1 Å². The molecule has 3 unspecified atom stereocenters. The van der Waals surface area contributed by atoms with Gasteiger partial charge >= 0.3 is 0 Å². The molecular weight excluding hydrogens is 492 g/mol. The van der Waals surface area contributed by atoms with Gasteiger partial charge in [-0.25, -0.2) is 0 Å². The van der Waals surface area contributed by atoms with E-state index in [1.54, 1.807) is 24.3 Å². The predicted octanol–water partition coefficient (Wildman–Crippen LogP) is 5.01. The molecule has 3 heterocycles. The summed E-state index contributed by atoms with van der Waals surface area (Å²) in [5.74, 6) is -0.511. The molecule has 0 aliphatic carbocycles. The third kappa shape index (κ3) is 5.54. The first kappa shape index (κ1) is 25.9. The molecular formula is C32H34N2O5. The minimum atomic E-state index is -0.524. The van der Waals surface area contributed by atoms with Gasteiger partial charge in [-0.05, 0) is 54.8 Å². The van der Waals surface area contributed by atoms with Gasteiger partial charge in [0.25, 0.3) is 11.8 Å². The first-order valence-electron chi connectivity index (χ1n) is 13.9. The summed E-state index contributed by atoms with van der Waals surface area (Å²) in [6.07, 6.45) is 3.90. The maximum absolute atomic E-state index is 12.8. The van der Waals surface area contributed by atoms with Crippen LogP contribution in [0.25, 0.3) is 0 Å². The van der Waals surface area contributed by atoms with Crippen molar-refractivity contribution in [3.8, 4) is 0 Å². The Hall–Kier alpha value is -3.36. The van der Waals surface area contributed by atoms with E-state index in [1.165, 1.54) is 24.2 Å². The van der Waals surface area contributed by atoms with Gasteiger partial charge in [0.15, 0.2) is 6.29 Å². The number of piperidine rings is 1. The third-order valence-electron chi connectivity index (χ3n) is 8.00.